The monoisotopic (exact) mass is 296 g/mol. The minimum atomic E-state index is -3.68. The number of hydrogen-bond donors (Lipinski definition) is 2. The van der Waals surface area contributed by atoms with Crippen LogP contribution in [0.1, 0.15) is 33.1 Å². The first-order valence-corrected chi connectivity index (χ1v) is 8.22. The molecule has 0 aliphatic carbocycles. The molecule has 2 aromatic rings. The van der Waals surface area contributed by atoms with Gasteiger partial charge in [-0.1, -0.05) is 26.3 Å². The van der Waals surface area contributed by atoms with Crippen molar-refractivity contribution in [3.63, 3.8) is 0 Å². The molecule has 0 fully saturated rings. The number of sulfonamides is 1. The number of hydrogen-bond acceptors (Lipinski definition) is 4. The fourth-order valence-electron chi connectivity index (χ4n) is 2.23. The Bertz CT molecular complexity index is 693. The largest absolute Gasteiger partial charge is 0.381 e. The minimum Gasteiger partial charge on any atom is -0.381 e. The summed E-state index contributed by atoms with van der Waals surface area (Å²) in [6.45, 7) is 3.99. The number of aromatic nitrogens is 2. The van der Waals surface area contributed by atoms with E-state index in [1.165, 1.54) is 4.40 Å². The highest BCUT2D eigenvalue weighted by atomic mass is 32.2. The number of fused-ring (bicyclic) bond motifs is 1. The van der Waals surface area contributed by atoms with Gasteiger partial charge in [0.25, 0.3) is 10.0 Å². The standard InChI is InChI=1S/C13H20N4O2S/c1-3-7-10(4-2)16-20(18,19)13-12(14)15-11-8-5-6-9-17(11)13/h5-6,8-10,16H,3-4,7,14H2,1-2H3. The molecule has 0 aromatic carbocycles. The van der Waals surface area contributed by atoms with Gasteiger partial charge in [-0.25, -0.2) is 18.1 Å². The highest BCUT2D eigenvalue weighted by Crippen LogP contribution is 2.20. The van der Waals surface area contributed by atoms with Crippen LogP contribution < -0.4 is 10.5 Å². The Kier molecular flexibility index (Phi) is 4.29. The van der Waals surface area contributed by atoms with Crippen LogP contribution in [-0.2, 0) is 10.0 Å². The average molecular weight is 296 g/mol. The third kappa shape index (κ3) is 2.78. The van der Waals surface area contributed by atoms with E-state index < -0.39 is 10.0 Å². The van der Waals surface area contributed by atoms with Crippen molar-refractivity contribution in [1.82, 2.24) is 14.1 Å². The fourth-order valence-corrected chi connectivity index (χ4v) is 3.80. The Morgan fingerprint density at radius 2 is 2.15 bits per heavy atom. The van der Waals surface area contributed by atoms with E-state index in [2.05, 4.69) is 9.71 Å². The molecular formula is C13H20N4O2S. The van der Waals surface area contributed by atoms with Crippen molar-refractivity contribution in [2.45, 2.75) is 44.2 Å². The van der Waals surface area contributed by atoms with Gasteiger partial charge >= 0.3 is 0 Å². The maximum Gasteiger partial charge on any atom is 0.260 e. The van der Waals surface area contributed by atoms with Crippen LogP contribution in [0.25, 0.3) is 5.65 Å². The number of nitrogens with two attached hydrogens (primary N) is 1. The summed E-state index contributed by atoms with van der Waals surface area (Å²) in [6.07, 6.45) is 4.10. The number of anilines is 1. The molecule has 6 nitrogen and oxygen atoms in total. The van der Waals surface area contributed by atoms with Gasteiger partial charge in [-0.3, -0.25) is 4.40 Å². The van der Waals surface area contributed by atoms with Crippen LogP contribution in [0.2, 0.25) is 0 Å². The molecule has 0 spiro atoms. The van der Waals surface area contributed by atoms with Crippen LogP contribution in [0, 0.1) is 0 Å². The molecule has 110 valence electrons. The van der Waals surface area contributed by atoms with E-state index in [0.717, 1.165) is 19.3 Å². The Hall–Kier alpha value is -1.60. The summed E-state index contributed by atoms with van der Waals surface area (Å²) < 4.78 is 29.2. The Labute approximate surface area is 119 Å². The smallest absolute Gasteiger partial charge is 0.260 e. The van der Waals surface area contributed by atoms with Crippen LogP contribution in [0.3, 0.4) is 0 Å². The molecule has 2 aromatic heterocycles. The summed E-state index contributed by atoms with van der Waals surface area (Å²) in [6, 6.07) is 5.17. The third-order valence-electron chi connectivity index (χ3n) is 3.22. The van der Waals surface area contributed by atoms with Crippen molar-refractivity contribution < 1.29 is 8.42 Å². The van der Waals surface area contributed by atoms with E-state index in [1.807, 2.05) is 13.8 Å². The van der Waals surface area contributed by atoms with Crippen LogP contribution in [0.5, 0.6) is 0 Å². The first kappa shape index (κ1) is 14.8. The predicted molar refractivity (Wildman–Crippen MR) is 78.9 cm³/mol. The lowest BCUT2D eigenvalue weighted by atomic mass is 10.1. The summed E-state index contributed by atoms with van der Waals surface area (Å²) >= 11 is 0. The van der Waals surface area contributed by atoms with Crippen LogP contribution in [0.15, 0.2) is 29.4 Å². The van der Waals surface area contributed by atoms with E-state index in [0.29, 0.717) is 5.65 Å². The van der Waals surface area contributed by atoms with Gasteiger partial charge in [0.15, 0.2) is 10.8 Å². The van der Waals surface area contributed by atoms with Crippen molar-refractivity contribution in [2.24, 2.45) is 0 Å². The normalized spacial score (nSPS) is 13.7. The maximum absolute atomic E-state index is 12.5. The molecule has 0 saturated heterocycles. The molecule has 3 N–H and O–H groups in total. The first-order valence-electron chi connectivity index (χ1n) is 6.74. The predicted octanol–water partition coefficient (Wildman–Crippen LogP) is 1.77. The summed E-state index contributed by atoms with van der Waals surface area (Å²) in [5, 5.41) is 0.0163. The second-order valence-electron chi connectivity index (χ2n) is 4.75. The number of imidazole rings is 1. The number of nitrogens with one attached hydrogen (secondary N) is 1. The van der Waals surface area contributed by atoms with Crippen LogP contribution in [-0.4, -0.2) is 23.8 Å². The molecule has 2 heterocycles. The Morgan fingerprint density at radius 3 is 2.80 bits per heavy atom. The molecule has 20 heavy (non-hydrogen) atoms. The quantitative estimate of drug-likeness (QED) is 0.850. The van der Waals surface area contributed by atoms with Crippen molar-refractivity contribution in [3.8, 4) is 0 Å². The lowest BCUT2D eigenvalue weighted by Crippen LogP contribution is -2.35. The van der Waals surface area contributed by atoms with Crippen LogP contribution in [0.4, 0.5) is 5.82 Å². The second-order valence-corrected chi connectivity index (χ2v) is 6.38. The van der Waals surface area contributed by atoms with Gasteiger partial charge in [0.2, 0.25) is 0 Å². The van der Waals surface area contributed by atoms with Gasteiger partial charge in [-0.2, -0.15) is 0 Å². The maximum atomic E-state index is 12.5. The SMILES string of the molecule is CCCC(CC)NS(=O)(=O)c1c(N)nc2ccccn12. The minimum absolute atomic E-state index is 0.0163. The second kappa shape index (κ2) is 5.80. The lowest BCUT2D eigenvalue weighted by Gasteiger charge is -2.16. The molecule has 0 radical (unpaired) electrons. The van der Waals surface area contributed by atoms with Gasteiger partial charge in [0, 0.05) is 12.2 Å². The fraction of sp³-hybridized carbons (Fsp3) is 0.462. The average Bonchev–Trinajstić information content (AvgIpc) is 2.74. The van der Waals surface area contributed by atoms with Crippen molar-refractivity contribution in [2.75, 3.05) is 5.73 Å². The van der Waals surface area contributed by atoms with Crippen molar-refractivity contribution >= 4 is 21.5 Å². The van der Waals surface area contributed by atoms with Gasteiger partial charge in [0.1, 0.15) is 5.65 Å². The number of pyridine rings is 1. The molecule has 1 atom stereocenters. The first-order chi connectivity index (χ1) is 9.49. The molecule has 1 unspecified atom stereocenters. The van der Waals surface area contributed by atoms with Gasteiger partial charge in [-0.15, -0.1) is 0 Å². The molecule has 0 bridgehead atoms. The molecule has 0 saturated carbocycles. The molecule has 0 amide bonds. The van der Waals surface area contributed by atoms with E-state index >= 15 is 0 Å². The van der Waals surface area contributed by atoms with Gasteiger partial charge in [-0.05, 0) is 25.0 Å². The van der Waals surface area contributed by atoms with Crippen LogP contribution >= 0.6 is 0 Å². The third-order valence-corrected chi connectivity index (χ3v) is 4.78. The van der Waals surface area contributed by atoms with Crippen molar-refractivity contribution in [3.05, 3.63) is 24.4 Å². The van der Waals surface area contributed by atoms with E-state index in [-0.39, 0.29) is 16.9 Å². The topological polar surface area (TPSA) is 89.5 Å². The van der Waals surface area contributed by atoms with E-state index in [4.69, 9.17) is 5.73 Å². The Balaban J connectivity index is 2.44. The highest BCUT2D eigenvalue weighted by molar-refractivity contribution is 7.89. The zero-order chi connectivity index (χ0) is 14.8. The Morgan fingerprint density at radius 1 is 1.40 bits per heavy atom. The summed E-state index contributed by atoms with van der Waals surface area (Å²) in [5.74, 6) is 0.0232. The molecule has 7 heteroatoms. The summed E-state index contributed by atoms with van der Waals surface area (Å²) in [7, 11) is -3.68. The van der Waals surface area contributed by atoms with E-state index in [1.54, 1.807) is 24.4 Å². The van der Waals surface area contributed by atoms with Crippen molar-refractivity contribution in [1.29, 1.82) is 0 Å². The molecule has 2 rings (SSSR count). The number of nitrogen functional groups attached to an aromatic ring is 1. The zero-order valence-corrected chi connectivity index (χ0v) is 12.5. The van der Waals surface area contributed by atoms with E-state index in [9.17, 15) is 8.42 Å². The summed E-state index contributed by atoms with van der Waals surface area (Å²) in [5.41, 5.74) is 6.30. The number of nitrogens with zero attached hydrogens (tertiary/aromatic N) is 2. The summed E-state index contributed by atoms with van der Waals surface area (Å²) in [4.78, 5) is 4.08. The molecular weight excluding hydrogens is 276 g/mol. The molecule has 0 aliphatic heterocycles. The highest BCUT2D eigenvalue weighted by Gasteiger charge is 2.25. The van der Waals surface area contributed by atoms with Gasteiger partial charge in [0.05, 0.1) is 0 Å². The zero-order valence-electron chi connectivity index (χ0n) is 11.7. The number of rotatable bonds is 6. The van der Waals surface area contributed by atoms with Gasteiger partial charge < -0.3 is 5.73 Å². The lowest BCUT2D eigenvalue weighted by molar-refractivity contribution is 0.510. The molecule has 0 aliphatic rings.